The van der Waals surface area contributed by atoms with Crippen LogP contribution in [-0.4, -0.2) is 28.7 Å². The molecule has 0 aliphatic rings. The minimum absolute atomic E-state index is 0.490. The fraction of sp³-hybridized carbons (Fsp3) is 0. The summed E-state index contributed by atoms with van der Waals surface area (Å²) in [6.07, 6.45) is 0. The van der Waals surface area contributed by atoms with Crippen molar-refractivity contribution < 1.29 is 13.3 Å². The Hall–Kier alpha value is -12.9. The summed E-state index contributed by atoms with van der Waals surface area (Å²) in [5.41, 5.74) is 19.7. The van der Waals surface area contributed by atoms with Gasteiger partial charge in [-0.3, -0.25) is 9.13 Å². The van der Waals surface area contributed by atoms with E-state index in [4.69, 9.17) is 28.2 Å². The molecule has 0 aliphatic carbocycles. The lowest BCUT2D eigenvalue weighted by molar-refractivity contribution is 0.668. The number of furan rings is 3. The molecule has 21 aromatic rings. The molecule has 9 heteroatoms. The molecule has 7 aromatic heterocycles. The molecule has 0 spiro atoms. The van der Waals surface area contributed by atoms with E-state index in [9.17, 15) is 0 Å². The summed E-state index contributed by atoms with van der Waals surface area (Å²) in [4.78, 5) is 17.2. The second-order valence-electron chi connectivity index (χ2n) is 24.6. The van der Waals surface area contributed by atoms with Crippen LogP contribution in [0.3, 0.4) is 0 Å². The Balaban J connectivity index is 0.802. The molecule has 9 nitrogen and oxygen atoms in total. The number of aromatic nitrogens is 6. The second-order valence-corrected chi connectivity index (χ2v) is 24.6. The van der Waals surface area contributed by atoms with Gasteiger partial charge >= 0.3 is 0 Å². The van der Waals surface area contributed by atoms with Gasteiger partial charge in [0.05, 0.1) is 38.8 Å². The number of hydrogen-bond donors (Lipinski definition) is 0. The van der Waals surface area contributed by atoms with E-state index >= 15 is 0 Å². The average molecular weight is 1200 g/mol. The van der Waals surface area contributed by atoms with Gasteiger partial charge < -0.3 is 17.8 Å². The molecule has 0 radical (unpaired) electrons. The van der Waals surface area contributed by atoms with E-state index in [0.29, 0.717) is 17.7 Å². The maximum Gasteiger partial charge on any atom is 0.240 e. The summed E-state index contributed by atoms with van der Waals surface area (Å²) in [5, 5.41) is 15.3. The molecule has 0 fully saturated rings. The Morgan fingerprint density at radius 2 is 0.511 bits per heavy atom. The predicted octanol–water partition coefficient (Wildman–Crippen LogP) is 22.7. The van der Waals surface area contributed by atoms with Crippen molar-refractivity contribution in [3.05, 3.63) is 291 Å². The third-order valence-corrected chi connectivity index (χ3v) is 19.5. The fourth-order valence-electron chi connectivity index (χ4n) is 15.2. The molecule has 0 N–H and O–H groups in total. The summed E-state index contributed by atoms with van der Waals surface area (Å²) >= 11 is 0. The highest BCUT2D eigenvalue weighted by atomic mass is 16.3. The maximum atomic E-state index is 6.32. The van der Waals surface area contributed by atoms with Crippen molar-refractivity contribution in [2.45, 2.75) is 0 Å². The van der Waals surface area contributed by atoms with E-state index in [1.54, 1.807) is 0 Å². The molecule has 0 aliphatic heterocycles. The van der Waals surface area contributed by atoms with Crippen LogP contribution in [0.25, 0.3) is 204 Å². The van der Waals surface area contributed by atoms with Gasteiger partial charge in [0.2, 0.25) is 11.9 Å². The molecule has 0 saturated heterocycles. The molecular formula is C85H48N6O3. The van der Waals surface area contributed by atoms with Crippen molar-refractivity contribution in [3.8, 4) is 62.4 Å². The molecular weight excluding hydrogens is 1150 g/mol. The highest BCUT2D eigenvalue weighted by molar-refractivity contribution is 6.16. The Morgan fingerprint density at radius 1 is 0.202 bits per heavy atom. The zero-order valence-electron chi connectivity index (χ0n) is 50.1. The Morgan fingerprint density at radius 3 is 0.936 bits per heavy atom. The van der Waals surface area contributed by atoms with Gasteiger partial charge in [0.1, 0.15) is 33.5 Å². The number of fused-ring (bicyclic) bond motifs is 19. The maximum absolute atomic E-state index is 6.32. The number of para-hydroxylation sites is 6. The van der Waals surface area contributed by atoms with Crippen LogP contribution in [0.5, 0.6) is 0 Å². The molecule has 0 unspecified atom stereocenters. The van der Waals surface area contributed by atoms with Crippen molar-refractivity contribution >= 4 is 142 Å². The first-order valence-electron chi connectivity index (χ1n) is 31.7. The molecule has 7 heterocycles. The molecule has 21 rings (SSSR count). The third kappa shape index (κ3) is 7.43. The number of benzene rings is 14. The average Bonchev–Trinajstić information content (AvgIpc) is 1.53. The Labute approximate surface area is 534 Å². The van der Waals surface area contributed by atoms with Crippen LogP contribution < -0.4 is 0 Å². The molecule has 436 valence electrons. The van der Waals surface area contributed by atoms with Crippen LogP contribution in [-0.2, 0) is 0 Å². The van der Waals surface area contributed by atoms with Gasteiger partial charge in [0, 0.05) is 75.6 Å². The molecule has 14 aromatic carbocycles. The normalized spacial score (nSPS) is 12.3. The van der Waals surface area contributed by atoms with Crippen molar-refractivity contribution in [1.82, 2.24) is 28.7 Å². The highest BCUT2D eigenvalue weighted by Crippen LogP contribution is 2.44. The van der Waals surface area contributed by atoms with Gasteiger partial charge in [-0.25, -0.2) is 0 Å². The lowest BCUT2D eigenvalue weighted by Gasteiger charge is -2.16. The smallest absolute Gasteiger partial charge is 0.240 e. The molecule has 0 bridgehead atoms. The summed E-state index contributed by atoms with van der Waals surface area (Å²) in [7, 11) is 0. The first kappa shape index (κ1) is 51.0. The van der Waals surface area contributed by atoms with E-state index in [1.165, 1.54) is 10.8 Å². The van der Waals surface area contributed by atoms with Crippen LogP contribution in [0.2, 0.25) is 0 Å². The fourth-order valence-corrected chi connectivity index (χ4v) is 15.2. The second kappa shape index (κ2) is 19.3. The lowest BCUT2D eigenvalue weighted by atomic mass is 10.0. The van der Waals surface area contributed by atoms with Crippen molar-refractivity contribution in [2.24, 2.45) is 0 Å². The zero-order chi connectivity index (χ0) is 61.3. The van der Waals surface area contributed by atoms with Crippen LogP contribution in [0, 0.1) is 0 Å². The van der Waals surface area contributed by atoms with Crippen LogP contribution >= 0.6 is 0 Å². The molecule has 94 heavy (non-hydrogen) atoms. The van der Waals surface area contributed by atoms with Crippen molar-refractivity contribution in [3.63, 3.8) is 0 Å². The summed E-state index contributed by atoms with van der Waals surface area (Å²) in [6, 6.07) is 104. The minimum atomic E-state index is 0.490. The first-order chi connectivity index (χ1) is 46.6. The quantitative estimate of drug-likeness (QED) is 0.158. The largest absolute Gasteiger partial charge is 0.456 e. The SMILES string of the molecule is c1ccc2c(c1)oc1ccc(-c3ccc4c5ccccc5n(-c5nc(-c6ccc(-n7c8ccccc8c8ccc(-c9ccc%10oc%11ccccc%11c%10c9)cc87)c7ccccc67)nc(-n6c7ccccc7c7ccc(-c8ccc9oc%10ccccc%10c9c8)cc76)n5)c4c3)cc12. The third-order valence-electron chi connectivity index (χ3n) is 19.5. The molecule has 0 atom stereocenters. The van der Waals surface area contributed by atoms with Gasteiger partial charge in [0.15, 0.2) is 5.82 Å². The number of nitrogens with zero attached hydrogens (tertiary/aromatic N) is 6. The van der Waals surface area contributed by atoms with Gasteiger partial charge in [0.25, 0.3) is 0 Å². The van der Waals surface area contributed by atoms with Crippen molar-refractivity contribution in [1.29, 1.82) is 0 Å². The van der Waals surface area contributed by atoms with Crippen LogP contribution in [0.15, 0.2) is 304 Å². The summed E-state index contributed by atoms with van der Waals surface area (Å²) in [5.74, 6) is 1.51. The Bertz CT molecular complexity index is 6580. The molecule has 0 amide bonds. The van der Waals surface area contributed by atoms with Gasteiger partial charge in [-0.1, -0.05) is 188 Å². The van der Waals surface area contributed by atoms with Gasteiger partial charge in [-0.15, -0.1) is 0 Å². The van der Waals surface area contributed by atoms with E-state index in [1.807, 2.05) is 36.4 Å². The van der Waals surface area contributed by atoms with E-state index in [0.717, 1.165) is 176 Å². The van der Waals surface area contributed by atoms with Crippen molar-refractivity contribution in [2.75, 3.05) is 0 Å². The summed E-state index contributed by atoms with van der Waals surface area (Å²) < 4.78 is 25.8. The number of rotatable bonds is 7. The number of hydrogen-bond acceptors (Lipinski definition) is 6. The summed E-state index contributed by atoms with van der Waals surface area (Å²) in [6.45, 7) is 0. The first-order valence-corrected chi connectivity index (χ1v) is 31.7. The Kier molecular flexibility index (Phi) is 10.5. The monoisotopic (exact) mass is 1200 g/mol. The standard InChI is InChI=1S/C85H48N6O3/c1-2-16-56-55(15-1)66(38-39-73(56)89-70-23-9-3-17-57(70)60-35-29-52(46-74(60)89)49-32-40-80-67(43-49)63-20-6-12-26-77(63)92-80)83-86-84(90-71-24-10-4-18-58(71)61-36-30-53(47-75(61)90)50-33-41-81-68(44-50)64-21-7-13-27-78(64)93-81)88-85(87-83)91-72-25-11-5-19-59(72)62-37-31-54(48-76(62)91)51-34-42-82-69(45-51)65-22-8-14-28-79(65)94-82/h1-48H. The predicted molar refractivity (Wildman–Crippen MR) is 384 cm³/mol. The van der Waals surface area contributed by atoms with Gasteiger partial charge in [-0.05, 0) is 142 Å². The van der Waals surface area contributed by atoms with E-state index in [2.05, 4.69) is 268 Å². The molecule has 0 saturated carbocycles. The van der Waals surface area contributed by atoms with Gasteiger partial charge in [-0.2, -0.15) is 15.0 Å². The van der Waals surface area contributed by atoms with E-state index < -0.39 is 0 Å². The highest BCUT2D eigenvalue weighted by Gasteiger charge is 2.25. The van der Waals surface area contributed by atoms with Crippen LogP contribution in [0.1, 0.15) is 0 Å². The van der Waals surface area contributed by atoms with E-state index in [-0.39, 0.29) is 0 Å². The minimum Gasteiger partial charge on any atom is -0.456 e. The van der Waals surface area contributed by atoms with Crippen LogP contribution in [0.4, 0.5) is 0 Å². The topological polar surface area (TPSA) is 92.9 Å². The lowest BCUT2D eigenvalue weighted by Crippen LogP contribution is -2.10. The zero-order valence-corrected chi connectivity index (χ0v) is 50.1.